The van der Waals surface area contributed by atoms with E-state index in [-0.39, 0.29) is 0 Å². The molecule has 4 aliphatic carbocycles. The van der Waals surface area contributed by atoms with Gasteiger partial charge in [-0.2, -0.15) is 11.8 Å². The zero-order valence-electron chi connectivity index (χ0n) is 18.5. The van der Waals surface area contributed by atoms with Gasteiger partial charge < -0.3 is 0 Å². The molecule has 1 aromatic carbocycles. The summed E-state index contributed by atoms with van der Waals surface area (Å²) >= 11 is 2.49. The Kier molecular flexibility index (Phi) is 4.79. The van der Waals surface area contributed by atoms with Gasteiger partial charge in [-0.15, -0.1) is 0 Å². The molecular formula is C28H39NS. The van der Waals surface area contributed by atoms with Crippen molar-refractivity contribution in [2.45, 2.75) is 112 Å². The molecule has 2 heterocycles. The van der Waals surface area contributed by atoms with Crippen LogP contribution in [0.25, 0.3) is 0 Å². The maximum atomic E-state index is 3.29. The fraction of sp³-hybridized carbons (Fsp3) is 0.786. The minimum atomic E-state index is 0.824. The van der Waals surface area contributed by atoms with Crippen molar-refractivity contribution < 1.29 is 0 Å². The van der Waals surface area contributed by atoms with Gasteiger partial charge in [0.1, 0.15) is 0 Å². The van der Waals surface area contributed by atoms with E-state index in [0.717, 1.165) is 58.2 Å². The summed E-state index contributed by atoms with van der Waals surface area (Å²) < 4.78 is 0. The van der Waals surface area contributed by atoms with Gasteiger partial charge in [-0.05, 0) is 86.5 Å². The number of nitrogens with zero attached hydrogens (tertiary/aromatic N) is 1. The van der Waals surface area contributed by atoms with Crippen molar-refractivity contribution in [3.8, 4) is 0 Å². The summed E-state index contributed by atoms with van der Waals surface area (Å²) in [4.78, 5) is 3.29. The molecule has 0 bridgehead atoms. The van der Waals surface area contributed by atoms with Crippen molar-refractivity contribution in [1.82, 2.24) is 4.90 Å². The third kappa shape index (κ3) is 2.84. The Morgan fingerprint density at radius 2 is 1.60 bits per heavy atom. The van der Waals surface area contributed by atoms with Crippen molar-refractivity contribution in [3.05, 3.63) is 35.9 Å². The predicted octanol–water partition coefficient (Wildman–Crippen LogP) is 6.88. The van der Waals surface area contributed by atoms with Crippen LogP contribution >= 0.6 is 11.8 Å². The number of thioether (sulfide) groups is 1. The lowest BCUT2D eigenvalue weighted by atomic mass is 9.52. The van der Waals surface area contributed by atoms with Gasteiger partial charge in [0.2, 0.25) is 0 Å². The van der Waals surface area contributed by atoms with Crippen LogP contribution < -0.4 is 0 Å². The molecule has 162 valence electrons. The lowest BCUT2D eigenvalue weighted by Gasteiger charge is -2.68. The summed E-state index contributed by atoms with van der Waals surface area (Å²) in [5.41, 5.74) is 1.64. The molecule has 0 spiro atoms. The van der Waals surface area contributed by atoms with Crippen molar-refractivity contribution in [2.75, 3.05) is 0 Å². The van der Waals surface area contributed by atoms with Gasteiger partial charge in [0.05, 0.1) is 0 Å². The predicted molar refractivity (Wildman–Crippen MR) is 127 cm³/mol. The summed E-state index contributed by atoms with van der Waals surface area (Å²) in [5, 5.41) is 1.93. The van der Waals surface area contributed by atoms with Gasteiger partial charge in [-0.3, -0.25) is 4.90 Å². The van der Waals surface area contributed by atoms with Gasteiger partial charge in [0.15, 0.2) is 0 Å². The molecule has 1 aromatic rings. The molecule has 0 aromatic heterocycles. The molecule has 10 unspecified atom stereocenters. The number of rotatable bonds is 1. The Labute approximate surface area is 187 Å². The Morgan fingerprint density at radius 3 is 2.53 bits per heavy atom. The summed E-state index contributed by atoms with van der Waals surface area (Å²) in [6, 6.07) is 14.4. The third-order valence-electron chi connectivity index (χ3n) is 10.6. The van der Waals surface area contributed by atoms with E-state index in [1.165, 1.54) is 57.8 Å². The molecular weight excluding hydrogens is 382 g/mol. The van der Waals surface area contributed by atoms with Gasteiger partial charge >= 0.3 is 0 Å². The van der Waals surface area contributed by atoms with Gasteiger partial charge in [0, 0.05) is 28.6 Å². The Bertz CT molecular complexity index is 763. The normalized spacial score (nSPS) is 50.1. The van der Waals surface area contributed by atoms with Crippen molar-refractivity contribution in [1.29, 1.82) is 0 Å². The highest BCUT2D eigenvalue weighted by Gasteiger charge is 2.61. The van der Waals surface area contributed by atoms with E-state index in [1.807, 2.05) is 0 Å². The van der Waals surface area contributed by atoms with Crippen LogP contribution in [-0.2, 0) is 0 Å². The second-order valence-electron chi connectivity index (χ2n) is 11.7. The molecule has 0 radical (unpaired) electrons. The molecule has 7 rings (SSSR count). The number of piperidine rings is 1. The molecule has 6 aliphatic rings. The van der Waals surface area contributed by atoms with E-state index in [0.29, 0.717) is 0 Å². The highest BCUT2D eigenvalue weighted by molar-refractivity contribution is 8.00. The zero-order valence-corrected chi connectivity index (χ0v) is 19.3. The monoisotopic (exact) mass is 421 g/mol. The van der Waals surface area contributed by atoms with Crippen LogP contribution in [0.1, 0.15) is 88.5 Å². The van der Waals surface area contributed by atoms with Crippen LogP contribution in [0.15, 0.2) is 30.3 Å². The first-order valence-corrected chi connectivity index (χ1v) is 14.3. The standard InChI is InChI=1S/C28H39NS/c1-2-7-18(8-3-1)20-13-15-23-22(17-20)21-10-6-9-19-14-16-26-28(27(19)21)29(23)24-11-4-5-12-25(24)30-26/h1-3,7-8,19-28H,4-6,9-17H2. The fourth-order valence-corrected chi connectivity index (χ4v) is 11.6. The summed E-state index contributed by atoms with van der Waals surface area (Å²) in [7, 11) is 0. The van der Waals surface area contributed by atoms with E-state index in [1.54, 1.807) is 24.8 Å². The van der Waals surface area contributed by atoms with Crippen LogP contribution in [0.5, 0.6) is 0 Å². The summed E-state index contributed by atoms with van der Waals surface area (Å²) in [6.45, 7) is 0. The lowest BCUT2D eigenvalue weighted by molar-refractivity contribution is -0.140. The number of hydrogen-bond donors (Lipinski definition) is 0. The minimum absolute atomic E-state index is 0.824. The average Bonchev–Trinajstić information content (AvgIpc) is 2.82. The summed E-state index contributed by atoms with van der Waals surface area (Å²) in [6.07, 6.45) is 18.1. The quantitative estimate of drug-likeness (QED) is 0.486. The molecule has 2 aliphatic heterocycles. The van der Waals surface area contributed by atoms with Crippen LogP contribution in [0.3, 0.4) is 0 Å². The average molecular weight is 422 g/mol. The second-order valence-corrected chi connectivity index (χ2v) is 13.1. The van der Waals surface area contributed by atoms with E-state index in [2.05, 4.69) is 47.0 Å². The van der Waals surface area contributed by atoms with Crippen LogP contribution in [-0.4, -0.2) is 33.5 Å². The van der Waals surface area contributed by atoms with Crippen molar-refractivity contribution in [3.63, 3.8) is 0 Å². The Balaban J connectivity index is 1.27. The van der Waals surface area contributed by atoms with Gasteiger partial charge in [-0.1, -0.05) is 56.0 Å². The summed E-state index contributed by atoms with van der Waals surface area (Å²) in [5.74, 6) is 4.96. The number of benzene rings is 1. The Hall–Kier alpha value is -0.470. The number of fused-ring (bicyclic) bond motifs is 5. The maximum Gasteiger partial charge on any atom is 0.0254 e. The molecule has 0 N–H and O–H groups in total. The van der Waals surface area contributed by atoms with E-state index < -0.39 is 0 Å². The van der Waals surface area contributed by atoms with E-state index >= 15 is 0 Å². The van der Waals surface area contributed by atoms with Gasteiger partial charge in [0.25, 0.3) is 0 Å². The number of hydrogen-bond acceptors (Lipinski definition) is 2. The minimum Gasteiger partial charge on any atom is -0.292 e. The molecule has 10 atom stereocenters. The molecule has 0 amide bonds. The van der Waals surface area contributed by atoms with Gasteiger partial charge in [-0.25, -0.2) is 0 Å². The molecule has 1 nitrogen and oxygen atoms in total. The maximum absolute atomic E-state index is 3.29. The highest BCUT2D eigenvalue weighted by atomic mass is 32.2. The molecule has 30 heavy (non-hydrogen) atoms. The second kappa shape index (κ2) is 7.55. The molecule has 4 saturated carbocycles. The van der Waals surface area contributed by atoms with Crippen molar-refractivity contribution in [2.24, 2.45) is 23.7 Å². The molecule has 6 fully saturated rings. The van der Waals surface area contributed by atoms with Crippen LogP contribution in [0, 0.1) is 23.7 Å². The Morgan fingerprint density at radius 1 is 0.700 bits per heavy atom. The van der Waals surface area contributed by atoms with Crippen LogP contribution in [0.2, 0.25) is 0 Å². The largest absolute Gasteiger partial charge is 0.292 e. The topological polar surface area (TPSA) is 3.24 Å². The van der Waals surface area contributed by atoms with Crippen LogP contribution in [0.4, 0.5) is 0 Å². The molecule has 2 heteroatoms. The van der Waals surface area contributed by atoms with E-state index in [9.17, 15) is 0 Å². The third-order valence-corrected chi connectivity index (χ3v) is 12.3. The first-order chi connectivity index (χ1) is 14.9. The zero-order chi connectivity index (χ0) is 19.7. The first-order valence-electron chi connectivity index (χ1n) is 13.4. The fourth-order valence-electron chi connectivity index (χ4n) is 9.59. The molecule has 2 saturated heterocycles. The van der Waals surface area contributed by atoms with Crippen molar-refractivity contribution >= 4 is 11.8 Å². The SMILES string of the molecule is c1ccc(C2CCC3C(C2)C2CCCC4CCC5SC6CCCCC6N3C5C42)cc1. The highest BCUT2D eigenvalue weighted by Crippen LogP contribution is 2.62. The lowest BCUT2D eigenvalue weighted by Crippen LogP contribution is -2.72. The first kappa shape index (κ1) is 19.0. The van der Waals surface area contributed by atoms with E-state index in [4.69, 9.17) is 0 Å². The smallest absolute Gasteiger partial charge is 0.0254 e.